The number of para-hydroxylation sites is 1. The first-order valence-electron chi connectivity index (χ1n) is 5.59. The number of nitrogen functional groups attached to an aromatic ring is 1. The molecule has 0 heterocycles. The first-order valence-corrected chi connectivity index (χ1v) is 5.59. The van der Waals surface area contributed by atoms with Gasteiger partial charge in [0.15, 0.2) is 0 Å². The van der Waals surface area contributed by atoms with Crippen LogP contribution >= 0.6 is 0 Å². The lowest BCUT2D eigenvalue weighted by Gasteiger charge is -2.11. The van der Waals surface area contributed by atoms with Gasteiger partial charge in [-0.3, -0.25) is 0 Å². The molecule has 0 spiro atoms. The molecule has 3 N–H and O–H groups in total. The molecule has 0 atom stereocenters. The molecule has 0 aliphatic rings. The van der Waals surface area contributed by atoms with E-state index in [1.54, 1.807) is 0 Å². The summed E-state index contributed by atoms with van der Waals surface area (Å²) in [6.07, 6.45) is 0. The average Bonchev–Trinajstić information content (AvgIpc) is 2.38. The van der Waals surface area contributed by atoms with Gasteiger partial charge in [0.1, 0.15) is 0 Å². The second-order valence-electron chi connectivity index (χ2n) is 3.90. The van der Waals surface area contributed by atoms with Crippen molar-refractivity contribution in [2.75, 3.05) is 5.73 Å². The monoisotopic (exact) mass is 224 g/mol. The number of anilines is 1. The SMILES string of the molecule is C=C(NCc1ccccc1)c1ccccc1N. The predicted molar refractivity (Wildman–Crippen MR) is 73.2 cm³/mol. The van der Waals surface area contributed by atoms with Gasteiger partial charge in [-0.1, -0.05) is 55.1 Å². The molecule has 0 saturated heterocycles. The van der Waals surface area contributed by atoms with Crippen LogP contribution in [-0.4, -0.2) is 0 Å². The molecule has 0 amide bonds. The van der Waals surface area contributed by atoms with Crippen LogP contribution in [0.3, 0.4) is 0 Å². The lowest BCUT2D eigenvalue weighted by Crippen LogP contribution is -2.11. The summed E-state index contributed by atoms with van der Waals surface area (Å²) in [7, 11) is 0. The minimum Gasteiger partial charge on any atom is -0.398 e. The lowest BCUT2D eigenvalue weighted by atomic mass is 10.1. The third kappa shape index (κ3) is 2.88. The molecule has 0 radical (unpaired) electrons. The fourth-order valence-corrected chi connectivity index (χ4v) is 1.67. The maximum atomic E-state index is 5.89. The fraction of sp³-hybridized carbons (Fsp3) is 0.0667. The number of rotatable bonds is 4. The zero-order valence-electron chi connectivity index (χ0n) is 9.69. The number of hydrogen-bond donors (Lipinski definition) is 2. The van der Waals surface area contributed by atoms with Crippen LogP contribution < -0.4 is 11.1 Å². The van der Waals surface area contributed by atoms with Gasteiger partial charge in [0, 0.05) is 23.5 Å². The van der Waals surface area contributed by atoms with Crippen LogP contribution in [0.25, 0.3) is 5.70 Å². The van der Waals surface area contributed by atoms with Gasteiger partial charge in [-0.15, -0.1) is 0 Å². The molecular formula is C15H16N2. The lowest BCUT2D eigenvalue weighted by molar-refractivity contribution is 0.892. The van der Waals surface area contributed by atoms with E-state index in [-0.39, 0.29) is 0 Å². The summed E-state index contributed by atoms with van der Waals surface area (Å²) in [5.74, 6) is 0. The van der Waals surface area contributed by atoms with Gasteiger partial charge in [-0.05, 0) is 11.6 Å². The Balaban J connectivity index is 2.01. The summed E-state index contributed by atoms with van der Waals surface area (Å²) in [6, 6.07) is 17.9. The number of nitrogens with two attached hydrogens (primary N) is 1. The van der Waals surface area contributed by atoms with E-state index in [1.807, 2.05) is 42.5 Å². The van der Waals surface area contributed by atoms with Gasteiger partial charge in [0.05, 0.1) is 0 Å². The minimum atomic E-state index is 0.748. The Hall–Kier alpha value is -2.22. The van der Waals surface area contributed by atoms with Gasteiger partial charge in [-0.25, -0.2) is 0 Å². The van der Waals surface area contributed by atoms with Gasteiger partial charge >= 0.3 is 0 Å². The highest BCUT2D eigenvalue weighted by Gasteiger charge is 2.01. The Labute approximate surface area is 102 Å². The molecule has 0 bridgehead atoms. The molecule has 0 saturated carbocycles. The highest BCUT2D eigenvalue weighted by molar-refractivity contribution is 5.72. The first kappa shape index (κ1) is 11.3. The maximum Gasteiger partial charge on any atom is 0.0408 e. The molecule has 0 aliphatic heterocycles. The van der Waals surface area contributed by atoms with Crippen LogP contribution in [0, 0.1) is 0 Å². The average molecular weight is 224 g/mol. The molecule has 0 unspecified atom stereocenters. The normalized spacial score (nSPS) is 9.88. The number of nitrogens with one attached hydrogen (secondary N) is 1. The van der Waals surface area contributed by atoms with Crippen molar-refractivity contribution in [1.29, 1.82) is 0 Å². The van der Waals surface area contributed by atoms with Gasteiger partial charge in [0.2, 0.25) is 0 Å². The van der Waals surface area contributed by atoms with Crippen LogP contribution in [0.1, 0.15) is 11.1 Å². The minimum absolute atomic E-state index is 0.748. The van der Waals surface area contributed by atoms with E-state index < -0.39 is 0 Å². The molecule has 0 aliphatic carbocycles. The molecule has 2 heteroatoms. The van der Waals surface area contributed by atoms with E-state index in [9.17, 15) is 0 Å². The first-order chi connectivity index (χ1) is 8.27. The maximum absolute atomic E-state index is 5.89. The molecule has 2 aromatic rings. The molecule has 0 fully saturated rings. The number of hydrogen-bond acceptors (Lipinski definition) is 2. The Morgan fingerprint density at radius 1 is 1.00 bits per heavy atom. The summed E-state index contributed by atoms with van der Waals surface area (Å²) in [4.78, 5) is 0. The van der Waals surface area contributed by atoms with E-state index >= 15 is 0 Å². The quantitative estimate of drug-likeness (QED) is 0.783. The number of benzene rings is 2. The zero-order chi connectivity index (χ0) is 12.1. The standard InChI is InChI=1S/C15H16N2/c1-12(14-9-5-6-10-15(14)16)17-11-13-7-3-2-4-8-13/h2-10,17H,1,11,16H2. The zero-order valence-corrected chi connectivity index (χ0v) is 9.69. The molecule has 2 nitrogen and oxygen atoms in total. The third-order valence-electron chi connectivity index (χ3n) is 2.63. The van der Waals surface area contributed by atoms with Crippen LogP contribution in [0.5, 0.6) is 0 Å². The summed E-state index contributed by atoms with van der Waals surface area (Å²) >= 11 is 0. The molecular weight excluding hydrogens is 208 g/mol. The summed E-state index contributed by atoms with van der Waals surface area (Å²) < 4.78 is 0. The van der Waals surface area contributed by atoms with E-state index in [2.05, 4.69) is 24.0 Å². The smallest absolute Gasteiger partial charge is 0.0408 e. The second kappa shape index (κ2) is 5.21. The van der Waals surface area contributed by atoms with Crippen molar-refractivity contribution >= 4 is 11.4 Å². The Morgan fingerprint density at radius 3 is 2.35 bits per heavy atom. The molecule has 17 heavy (non-hydrogen) atoms. The molecule has 0 aromatic heterocycles. The summed E-state index contributed by atoms with van der Waals surface area (Å²) in [5, 5.41) is 3.28. The van der Waals surface area contributed by atoms with Crippen LogP contribution in [-0.2, 0) is 6.54 Å². The highest BCUT2D eigenvalue weighted by Crippen LogP contribution is 2.17. The largest absolute Gasteiger partial charge is 0.398 e. The topological polar surface area (TPSA) is 38.0 Å². The molecule has 86 valence electrons. The van der Waals surface area contributed by atoms with E-state index in [0.29, 0.717) is 0 Å². The summed E-state index contributed by atoms with van der Waals surface area (Å²) in [6.45, 7) is 4.77. The third-order valence-corrected chi connectivity index (χ3v) is 2.63. The van der Waals surface area contributed by atoms with Crippen molar-refractivity contribution in [1.82, 2.24) is 5.32 Å². The van der Waals surface area contributed by atoms with Crippen molar-refractivity contribution in [3.63, 3.8) is 0 Å². The Bertz CT molecular complexity index is 503. The van der Waals surface area contributed by atoms with Crippen molar-refractivity contribution < 1.29 is 0 Å². The molecule has 2 aromatic carbocycles. The Kier molecular flexibility index (Phi) is 3.46. The predicted octanol–water partition coefficient (Wildman–Crippen LogP) is 3.03. The van der Waals surface area contributed by atoms with Crippen LogP contribution in [0.4, 0.5) is 5.69 Å². The second-order valence-corrected chi connectivity index (χ2v) is 3.90. The fourth-order valence-electron chi connectivity index (χ4n) is 1.67. The van der Waals surface area contributed by atoms with E-state index in [1.165, 1.54) is 5.56 Å². The molecule has 2 rings (SSSR count). The van der Waals surface area contributed by atoms with E-state index in [0.717, 1.165) is 23.5 Å². The van der Waals surface area contributed by atoms with Crippen molar-refractivity contribution in [2.24, 2.45) is 0 Å². The van der Waals surface area contributed by atoms with E-state index in [4.69, 9.17) is 5.73 Å². The summed E-state index contributed by atoms with van der Waals surface area (Å²) in [5.41, 5.74) is 9.68. The van der Waals surface area contributed by atoms with Gasteiger partial charge < -0.3 is 11.1 Å². The van der Waals surface area contributed by atoms with Gasteiger partial charge in [-0.2, -0.15) is 0 Å². The Morgan fingerprint density at radius 2 is 1.65 bits per heavy atom. The van der Waals surface area contributed by atoms with Crippen LogP contribution in [0.15, 0.2) is 61.2 Å². The highest BCUT2D eigenvalue weighted by atomic mass is 14.9. The van der Waals surface area contributed by atoms with Crippen molar-refractivity contribution in [3.05, 3.63) is 72.3 Å². The van der Waals surface area contributed by atoms with Crippen LogP contribution in [0.2, 0.25) is 0 Å². The van der Waals surface area contributed by atoms with Crippen molar-refractivity contribution in [3.8, 4) is 0 Å². The van der Waals surface area contributed by atoms with Crippen molar-refractivity contribution in [2.45, 2.75) is 6.54 Å². The van der Waals surface area contributed by atoms with Gasteiger partial charge in [0.25, 0.3) is 0 Å².